The molecule has 0 spiro atoms. The highest BCUT2D eigenvalue weighted by Crippen LogP contribution is 2.14. The molecule has 1 aromatic carbocycles. The molecule has 20 heavy (non-hydrogen) atoms. The first-order valence-corrected chi connectivity index (χ1v) is 7.65. The third-order valence-electron chi connectivity index (χ3n) is 3.51. The van der Waals surface area contributed by atoms with E-state index in [1.807, 2.05) is 6.92 Å². The molecule has 3 nitrogen and oxygen atoms in total. The summed E-state index contributed by atoms with van der Waals surface area (Å²) in [6, 6.07) is 8.39. The molecule has 0 aliphatic rings. The van der Waals surface area contributed by atoms with E-state index in [0.717, 1.165) is 13.0 Å². The van der Waals surface area contributed by atoms with Gasteiger partial charge in [0.25, 0.3) is 0 Å². The number of amides is 1. The molecular weight excluding hydrogens is 248 g/mol. The number of hydrogen-bond acceptors (Lipinski definition) is 2. The van der Waals surface area contributed by atoms with Crippen molar-refractivity contribution in [2.24, 2.45) is 0 Å². The molecule has 2 atom stereocenters. The van der Waals surface area contributed by atoms with Crippen LogP contribution in [-0.4, -0.2) is 18.5 Å². The van der Waals surface area contributed by atoms with E-state index in [1.165, 1.54) is 24.0 Å². The summed E-state index contributed by atoms with van der Waals surface area (Å²) in [5.41, 5.74) is 2.46. The molecule has 0 bridgehead atoms. The Hall–Kier alpha value is -1.35. The average molecular weight is 276 g/mol. The van der Waals surface area contributed by atoms with Crippen LogP contribution in [0.25, 0.3) is 0 Å². The molecule has 2 N–H and O–H groups in total. The number of nitrogens with one attached hydrogen (secondary N) is 2. The number of unbranched alkanes of at least 4 members (excludes halogenated alkanes) is 2. The van der Waals surface area contributed by atoms with E-state index < -0.39 is 0 Å². The van der Waals surface area contributed by atoms with Crippen LogP contribution in [0.5, 0.6) is 0 Å². The van der Waals surface area contributed by atoms with Gasteiger partial charge in [-0.25, -0.2) is 0 Å². The SMILES string of the molecule is CCCCCNC(=O)C(C)N[C@@H](C)c1cccc(C)c1. The quantitative estimate of drug-likeness (QED) is 0.715. The van der Waals surface area contributed by atoms with Crippen LogP contribution in [-0.2, 0) is 4.79 Å². The van der Waals surface area contributed by atoms with Gasteiger partial charge in [-0.15, -0.1) is 0 Å². The highest BCUT2D eigenvalue weighted by Gasteiger charge is 2.15. The number of benzene rings is 1. The smallest absolute Gasteiger partial charge is 0.236 e. The molecular formula is C17H28N2O. The van der Waals surface area contributed by atoms with E-state index in [-0.39, 0.29) is 18.0 Å². The van der Waals surface area contributed by atoms with Gasteiger partial charge in [0.1, 0.15) is 0 Å². The summed E-state index contributed by atoms with van der Waals surface area (Å²) in [6.07, 6.45) is 3.40. The largest absolute Gasteiger partial charge is 0.355 e. The fraction of sp³-hybridized carbons (Fsp3) is 0.588. The van der Waals surface area contributed by atoms with E-state index in [1.54, 1.807) is 0 Å². The van der Waals surface area contributed by atoms with Gasteiger partial charge in [-0.2, -0.15) is 0 Å². The normalized spacial score (nSPS) is 13.8. The van der Waals surface area contributed by atoms with Crippen molar-refractivity contribution in [2.75, 3.05) is 6.54 Å². The van der Waals surface area contributed by atoms with Crippen molar-refractivity contribution in [3.63, 3.8) is 0 Å². The number of carbonyl (C=O) groups is 1. The maximum atomic E-state index is 12.0. The van der Waals surface area contributed by atoms with Crippen molar-refractivity contribution in [3.8, 4) is 0 Å². The van der Waals surface area contributed by atoms with Gasteiger partial charge in [-0.05, 0) is 32.8 Å². The van der Waals surface area contributed by atoms with Gasteiger partial charge in [0.05, 0.1) is 6.04 Å². The summed E-state index contributed by atoms with van der Waals surface area (Å²) in [5, 5.41) is 6.34. The highest BCUT2D eigenvalue weighted by atomic mass is 16.2. The van der Waals surface area contributed by atoms with E-state index >= 15 is 0 Å². The van der Waals surface area contributed by atoms with E-state index in [0.29, 0.717) is 0 Å². The first-order chi connectivity index (χ1) is 9.54. The second-order valence-electron chi connectivity index (χ2n) is 5.52. The lowest BCUT2D eigenvalue weighted by molar-refractivity contribution is -0.122. The molecule has 1 aromatic rings. The summed E-state index contributed by atoms with van der Waals surface area (Å²) >= 11 is 0. The maximum Gasteiger partial charge on any atom is 0.236 e. The molecule has 0 saturated carbocycles. The number of hydrogen-bond donors (Lipinski definition) is 2. The first-order valence-electron chi connectivity index (χ1n) is 7.65. The lowest BCUT2D eigenvalue weighted by Gasteiger charge is -2.20. The van der Waals surface area contributed by atoms with Crippen LogP contribution in [0, 0.1) is 6.92 Å². The summed E-state index contributed by atoms with van der Waals surface area (Å²) < 4.78 is 0. The summed E-state index contributed by atoms with van der Waals surface area (Å²) in [6.45, 7) is 9.03. The van der Waals surface area contributed by atoms with Crippen molar-refractivity contribution < 1.29 is 4.79 Å². The number of carbonyl (C=O) groups excluding carboxylic acids is 1. The molecule has 0 fully saturated rings. The Bertz CT molecular complexity index is 417. The van der Waals surface area contributed by atoms with Crippen molar-refractivity contribution in [1.29, 1.82) is 0 Å². The second kappa shape index (κ2) is 8.75. The summed E-state index contributed by atoms with van der Waals surface area (Å²) in [7, 11) is 0. The predicted octanol–water partition coefficient (Wildman–Crippen LogP) is 3.34. The Morgan fingerprint density at radius 1 is 1.25 bits per heavy atom. The monoisotopic (exact) mass is 276 g/mol. The summed E-state index contributed by atoms with van der Waals surface area (Å²) in [5.74, 6) is 0.0839. The zero-order valence-corrected chi connectivity index (χ0v) is 13.2. The second-order valence-corrected chi connectivity index (χ2v) is 5.52. The molecule has 0 saturated heterocycles. The minimum absolute atomic E-state index is 0.0839. The fourth-order valence-corrected chi connectivity index (χ4v) is 2.23. The van der Waals surface area contributed by atoms with Crippen molar-refractivity contribution in [3.05, 3.63) is 35.4 Å². The third-order valence-corrected chi connectivity index (χ3v) is 3.51. The molecule has 3 heteroatoms. The molecule has 0 aliphatic heterocycles. The lowest BCUT2D eigenvalue weighted by Crippen LogP contribution is -2.43. The van der Waals surface area contributed by atoms with Crippen LogP contribution in [0.15, 0.2) is 24.3 Å². The van der Waals surface area contributed by atoms with Gasteiger partial charge in [-0.3, -0.25) is 10.1 Å². The zero-order chi connectivity index (χ0) is 15.0. The topological polar surface area (TPSA) is 41.1 Å². The van der Waals surface area contributed by atoms with Crippen molar-refractivity contribution in [2.45, 2.75) is 59.0 Å². The maximum absolute atomic E-state index is 12.0. The predicted molar refractivity (Wildman–Crippen MR) is 84.7 cm³/mol. The minimum Gasteiger partial charge on any atom is -0.355 e. The van der Waals surface area contributed by atoms with E-state index in [4.69, 9.17) is 0 Å². The van der Waals surface area contributed by atoms with Crippen LogP contribution >= 0.6 is 0 Å². The molecule has 0 heterocycles. The average Bonchev–Trinajstić information content (AvgIpc) is 2.43. The Balaban J connectivity index is 2.40. The molecule has 112 valence electrons. The lowest BCUT2D eigenvalue weighted by atomic mass is 10.1. The van der Waals surface area contributed by atoms with Gasteiger partial charge in [-0.1, -0.05) is 49.6 Å². The molecule has 0 radical (unpaired) electrons. The Kier molecular flexibility index (Phi) is 7.31. The highest BCUT2D eigenvalue weighted by molar-refractivity contribution is 5.81. The van der Waals surface area contributed by atoms with Gasteiger partial charge >= 0.3 is 0 Å². The fourth-order valence-electron chi connectivity index (χ4n) is 2.23. The summed E-state index contributed by atoms with van der Waals surface area (Å²) in [4.78, 5) is 12.0. The molecule has 1 unspecified atom stereocenters. The molecule has 0 aromatic heterocycles. The van der Waals surface area contributed by atoms with Crippen LogP contribution in [0.3, 0.4) is 0 Å². The minimum atomic E-state index is -0.174. The van der Waals surface area contributed by atoms with Crippen LogP contribution < -0.4 is 10.6 Å². The Morgan fingerprint density at radius 2 is 2.00 bits per heavy atom. The zero-order valence-electron chi connectivity index (χ0n) is 13.2. The standard InChI is InChI=1S/C17H28N2O/c1-5-6-7-11-18-17(20)15(4)19-14(3)16-10-8-9-13(2)12-16/h8-10,12,14-15,19H,5-7,11H2,1-4H3,(H,18,20)/t14-,15?/m0/s1. The Morgan fingerprint density at radius 3 is 2.65 bits per heavy atom. The van der Waals surface area contributed by atoms with Gasteiger partial charge < -0.3 is 5.32 Å². The van der Waals surface area contributed by atoms with E-state index in [9.17, 15) is 4.79 Å². The first kappa shape index (κ1) is 16.7. The van der Waals surface area contributed by atoms with Crippen LogP contribution in [0.1, 0.15) is 57.2 Å². The Labute approximate surface area is 123 Å². The molecule has 0 aliphatic carbocycles. The van der Waals surface area contributed by atoms with Crippen LogP contribution in [0.2, 0.25) is 0 Å². The van der Waals surface area contributed by atoms with Gasteiger partial charge in [0.15, 0.2) is 0 Å². The van der Waals surface area contributed by atoms with Crippen LogP contribution in [0.4, 0.5) is 0 Å². The van der Waals surface area contributed by atoms with Crippen molar-refractivity contribution >= 4 is 5.91 Å². The third kappa shape index (κ3) is 5.74. The molecule has 1 rings (SSSR count). The number of rotatable bonds is 8. The van der Waals surface area contributed by atoms with Gasteiger partial charge in [0.2, 0.25) is 5.91 Å². The number of aryl methyl sites for hydroxylation is 1. The molecule has 1 amide bonds. The van der Waals surface area contributed by atoms with E-state index in [2.05, 4.69) is 55.7 Å². The van der Waals surface area contributed by atoms with Crippen molar-refractivity contribution in [1.82, 2.24) is 10.6 Å². The van der Waals surface area contributed by atoms with Gasteiger partial charge in [0, 0.05) is 12.6 Å².